The molecule has 120 valence electrons. The molecule has 0 radical (unpaired) electrons. The number of carbonyl (C=O) groups is 2. The van der Waals surface area contributed by atoms with Crippen LogP contribution in [-0.2, 0) is 9.63 Å². The third-order valence-electron chi connectivity index (χ3n) is 3.02. The Bertz CT molecular complexity index is 519. The van der Waals surface area contributed by atoms with Crippen molar-refractivity contribution in [3.8, 4) is 0 Å². The summed E-state index contributed by atoms with van der Waals surface area (Å²) in [5.41, 5.74) is 5.81. The first-order valence-corrected chi connectivity index (χ1v) is 7.00. The summed E-state index contributed by atoms with van der Waals surface area (Å²) in [5.74, 6) is -1.46. The minimum absolute atomic E-state index is 0.104. The van der Waals surface area contributed by atoms with Crippen molar-refractivity contribution in [2.24, 2.45) is 5.73 Å². The number of nitrogens with zero attached hydrogens (tertiary/aromatic N) is 1. The second-order valence-electron chi connectivity index (χ2n) is 4.87. The first-order valence-electron chi connectivity index (χ1n) is 7.00. The quantitative estimate of drug-likeness (QED) is 0.305. The van der Waals surface area contributed by atoms with Crippen LogP contribution < -0.4 is 5.73 Å². The van der Waals surface area contributed by atoms with Gasteiger partial charge in [0.25, 0.3) is 0 Å². The lowest BCUT2D eigenvalue weighted by Crippen LogP contribution is -2.33. The van der Waals surface area contributed by atoms with Crippen molar-refractivity contribution in [3.63, 3.8) is 0 Å². The Morgan fingerprint density at radius 1 is 1.32 bits per heavy atom. The van der Waals surface area contributed by atoms with E-state index in [0.717, 1.165) is 0 Å². The molecule has 0 heterocycles. The first kappa shape index (κ1) is 17.6. The molecule has 4 N–H and O–H groups in total. The van der Waals surface area contributed by atoms with Crippen molar-refractivity contribution in [1.29, 1.82) is 5.41 Å². The molecule has 1 aromatic rings. The van der Waals surface area contributed by atoms with Crippen LogP contribution in [0.15, 0.2) is 30.3 Å². The van der Waals surface area contributed by atoms with Crippen LogP contribution in [0.5, 0.6) is 0 Å². The third kappa shape index (κ3) is 5.92. The van der Waals surface area contributed by atoms with Gasteiger partial charge in [0, 0.05) is 0 Å². The van der Waals surface area contributed by atoms with Crippen LogP contribution in [0.3, 0.4) is 0 Å². The lowest BCUT2D eigenvalue weighted by atomic mass is 10.1. The van der Waals surface area contributed by atoms with E-state index in [4.69, 9.17) is 21.1 Å². The number of hydrogen-bond acceptors (Lipinski definition) is 5. The van der Waals surface area contributed by atoms with Gasteiger partial charge in [-0.05, 0) is 38.3 Å². The molecule has 0 bridgehead atoms. The highest BCUT2D eigenvalue weighted by Gasteiger charge is 2.15. The van der Waals surface area contributed by atoms with Crippen molar-refractivity contribution >= 4 is 17.8 Å². The maximum Gasteiger partial charge on any atom is 0.363 e. The van der Waals surface area contributed by atoms with E-state index in [-0.39, 0.29) is 5.84 Å². The number of rotatable bonds is 7. The Balaban J connectivity index is 2.44. The number of hydroxylamine groups is 2. The van der Waals surface area contributed by atoms with Crippen molar-refractivity contribution < 1.29 is 19.5 Å². The average molecular weight is 307 g/mol. The number of carboxylic acids is 1. The maximum absolute atomic E-state index is 11.9. The number of hydrogen-bond donors (Lipinski definition) is 3. The molecule has 1 rings (SSSR count). The molecule has 0 aliphatic heterocycles. The van der Waals surface area contributed by atoms with E-state index in [1.54, 1.807) is 30.3 Å². The third-order valence-corrected chi connectivity index (χ3v) is 3.02. The average Bonchev–Trinajstić information content (AvgIpc) is 2.50. The van der Waals surface area contributed by atoms with Gasteiger partial charge in [-0.15, -0.1) is 0 Å². The number of amidine groups is 1. The molecule has 0 aliphatic carbocycles. The van der Waals surface area contributed by atoms with Gasteiger partial charge in [0.05, 0.1) is 12.1 Å². The number of benzene rings is 1. The molecule has 0 aliphatic rings. The maximum atomic E-state index is 11.9. The molecule has 0 fully saturated rings. The van der Waals surface area contributed by atoms with Crippen molar-refractivity contribution in [3.05, 3.63) is 35.9 Å². The monoisotopic (exact) mass is 307 g/mol. The molecule has 1 unspecified atom stereocenters. The lowest BCUT2D eigenvalue weighted by Gasteiger charge is -2.21. The standard InChI is InChI=1S/C15H21N3O4/c1-11(16)18(10-6-5-9-13(17)14(19)20)22-15(21)12-7-3-2-4-8-12/h2-4,7-8,13,16H,5-6,9-10,17H2,1H3,(H,19,20). The molecule has 0 aromatic heterocycles. The largest absolute Gasteiger partial charge is 0.480 e. The van der Waals surface area contributed by atoms with E-state index in [2.05, 4.69) is 0 Å². The van der Waals surface area contributed by atoms with Crippen LogP contribution >= 0.6 is 0 Å². The molecule has 0 spiro atoms. The van der Waals surface area contributed by atoms with E-state index in [1.165, 1.54) is 12.0 Å². The molecule has 0 amide bonds. The van der Waals surface area contributed by atoms with Crippen LogP contribution in [-0.4, -0.2) is 40.5 Å². The molecular formula is C15H21N3O4. The minimum atomic E-state index is -1.03. The van der Waals surface area contributed by atoms with Crippen LogP contribution in [0, 0.1) is 5.41 Å². The summed E-state index contributed by atoms with van der Waals surface area (Å²) in [6, 6.07) is 7.62. The molecule has 0 saturated carbocycles. The summed E-state index contributed by atoms with van der Waals surface area (Å²) in [4.78, 5) is 27.7. The lowest BCUT2D eigenvalue weighted by molar-refractivity contribution is -0.138. The SMILES string of the molecule is CC(=N)N(CCCCC(N)C(=O)O)OC(=O)c1ccccc1. The van der Waals surface area contributed by atoms with Gasteiger partial charge >= 0.3 is 11.9 Å². The highest BCUT2D eigenvalue weighted by molar-refractivity contribution is 5.90. The summed E-state index contributed by atoms with van der Waals surface area (Å²) in [7, 11) is 0. The Kier molecular flexibility index (Phi) is 7.04. The molecule has 22 heavy (non-hydrogen) atoms. The smallest absolute Gasteiger partial charge is 0.363 e. The number of carboxylic acid groups (broad SMARTS) is 1. The fraction of sp³-hybridized carbons (Fsp3) is 0.400. The van der Waals surface area contributed by atoms with Crippen LogP contribution in [0.4, 0.5) is 0 Å². The summed E-state index contributed by atoms with van der Waals surface area (Å²) in [5, 5.41) is 17.5. The van der Waals surface area contributed by atoms with Gasteiger partial charge in [-0.3, -0.25) is 10.2 Å². The summed E-state index contributed by atoms with van der Waals surface area (Å²) < 4.78 is 0. The number of aliphatic carboxylic acids is 1. The molecular weight excluding hydrogens is 286 g/mol. The van der Waals surface area contributed by atoms with Crippen LogP contribution in [0.1, 0.15) is 36.5 Å². The van der Waals surface area contributed by atoms with Gasteiger partial charge in [0.2, 0.25) is 0 Å². The fourth-order valence-electron chi connectivity index (χ4n) is 1.75. The first-order chi connectivity index (χ1) is 10.4. The minimum Gasteiger partial charge on any atom is -0.480 e. The zero-order valence-corrected chi connectivity index (χ0v) is 12.5. The number of unbranched alkanes of at least 4 members (excludes halogenated alkanes) is 1. The number of nitrogens with two attached hydrogens (primary N) is 1. The summed E-state index contributed by atoms with van der Waals surface area (Å²) >= 11 is 0. The Hall–Kier alpha value is -2.41. The van der Waals surface area contributed by atoms with Gasteiger partial charge in [-0.1, -0.05) is 18.2 Å². The van der Waals surface area contributed by atoms with Crippen LogP contribution in [0.2, 0.25) is 0 Å². The molecule has 0 saturated heterocycles. The van der Waals surface area contributed by atoms with E-state index < -0.39 is 18.0 Å². The summed E-state index contributed by atoms with van der Waals surface area (Å²) in [6.07, 6.45) is 1.48. The topological polar surface area (TPSA) is 117 Å². The molecule has 7 heteroatoms. The van der Waals surface area contributed by atoms with Gasteiger partial charge in [0.1, 0.15) is 11.9 Å². The van der Waals surface area contributed by atoms with E-state index in [0.29, 0.717) is 31.4 Å². The van der Waals surface area contributed by atoms with Gasteiger partial charge in [0.15, 0.2) is 0 Å². The molecule has 1 aromatic carbocycles. The second kappa shape index (κ2) is 8.78. The van der Waals surface area contributed by atoms with Crippen molar-refractivity contribution in [2.75, 3.05) is 6.54 Å². The fourth-order valence-corrected chi connectivity index (χ4v) is 1.75. The second-order valence-corrected chi connectivity index (χ2v) is 4.87. The van der Waals surface area contributed by atoms with Gasteiger partial charge < -0.3 is 15.7 Å². The molecule has 1 atom stereocenters. The molecule has 7 nitrogen and oxygen atoms in total. The Labute approximate surface area is 129 Å². The number of nitrogens with one attached hydrogen (secondary N) is 1. The highest BCUT2D eigenvalue weighted by atomic mass is 16.7. The zero-order chi connectivity index (χ0) is 16.5. The zero-order valence-electron chi connectivity index (χ0n) is 12.5. The van der Waals surface area contributed by atoms with Crippen LogP contribution in [0.25, 0.3) is 0 Å². The Morgan fingerprint density at radius 3 is 2.50 bits per heavy atom. The predicted octanol–water partition coefficient (Wildman–Crippen LogP) is 1.64. The predicted molar refractivity (Wildman–Crippen MR) is 81.4 cm³/mol. The normalized spacial score (nSPS) is 11.5. The van der Waals surface area contributed by atoms with E-state index in [9.17, 15) is 9.59 Å². The van der Waals surface area contributed by atoms with E-state index >= 15 is 0 Å². The summed E-state index contributed by atoms with van der Waals surface area (Å²) in [6.45, 7) is 1.83. The van der Waals surface area contributed by atoms with Crippen molar-refractivity contribution in [2.45, 2.75) is 32.2 Å². The van der Waals surface area contributed by atoms with E-state index in [1.807, 2.05) is 0 Å². The van der Waals surface area contributed by atoms with Gasteiger partial charge in [-0.25, -0.2) is 4.79 Å². The number of carbonyl (C=O) groups excluding carboxylic acids is 1. The Morgan fingerprint density at radius 2 is 1.95 bits per heavy atom. The van der Waals surface area contributed by atoms with Crippen molar-refractivity contribution in [1.82, 2.24) is 5.06 Å². The highest BCUT2D eigenvalue weighted by Crippen LogP contribution is 2.07. The van der Waals surface area contributed by atoms with Gasteiger partial charge in [-0.2, -0.15) is 5.06 Å².